The van der Waals surface area contributed by atoms with Crippen LogP contribution in [0.4, 0.5) is 20.4 Å². The second kappa shape index (κ2) is 4.21. The molecular formula is C10H13F2N3O. The molecule has 0 aliphatic carbocycles. The molecule has 1 atom stereocenters. The Bertz CT molecular complexity index is 400. The lowest BCUT2D eigenvalue weighted by atomic mass is 10.3. The molecule has 0 aromatic carbocycles. The fraction of sp³-hybridized carbons (Fsp3) is 0.500. The molecule has 6 heteroatoms. The summed E-state index contributed by atoms with van der Waals surface area (Å²) in [5.41, 5.74) is 5.32. The molecule has 4 nitrogen and oxygen atoms in total. The molecular weight excluding hydrogens is 216 g/mol. The van der Waals surface area contributed by atoms with Gasteiger partial charge in [0.25, 0.3) is 0 Å². The highest BCUT2D eigenvalue weighted by Gasteiger charge is 2.22. The minimum atomic E-state index is -0.831. The highest BCUT2D eigenvalue weighted by molar-refractivity contribution is 5.47. The molecule has 2 N–H and O–H groups in total. The standard InChI is InChI=1S/C10H13F2N3O/c1-6-5-15(2-3-16-6)10-8(12)4-7(11)9(13)14-10/h4,6H,2-3,5H2,1H3,(H2,13,14). The van der Waals surface area contributed by atoms with E-state index in [0.717, 1.165) is 6.07 Å². The number of anilines is 2. The first-order chi connectivity index (χ1) is 7.58. The van der Waals surface area contributed by atoms with Gasteiger partial charge in [0.2, 0.25) is 0 Å². The van der Waals surface area contributed by atoms with Crippen LogP contribution in [0, 0.1) is 11.6 Å². The second-order valence-corrected chi connectivity index (χ2v) is 3.79. The van der Waals surface area contributed by atoms with Crippen LogP contribution < -0.4 is 10.6 Å². The lowest BCUT2D eigenvalue weighted by molar-refractivity contribution is 0.0527. The van der Waals surface area contributed by atoms with Crippen LogP contribution in [0.1, 0.15) is 6.92 Å². The van der Waals surface area contributed by atoms with Crippen molar-refractivity contribution in [2.24, 2.45) is 0 Å². The van der Waals surface area contributed by atoms with Gasteiger partial charge in [0.15, 0.2) is 23.3 Å². The number of hydrogen-bond acceptors (Lipinski definition) is 4. The number of rotatable bonds is 1. The fourth-order valence-electron chi connectivity index (χ4n) is 1.70. The van der Waals surface area contributed by atoms with Crippen LogP contribution >= 0.6 is 0 Å². The summed E-state index contributed by atoms with van der Waals surface area (Å²) in [4.78, 5) is 5.44. The second-order valence-electron chi connectivity index (χ2n) is 3.79. The minimum Gasteiger partial charge on any atom is -0.381 e. The molecule has 0 radical (unpaired) electrons. The zero-order valence-corrected chi connectivity index (χ0v) is 8.91. The van der Waals surface area contributed by atoms with Crippen LogP contribution in [0.15, 0.2) is 6.07 Å². The largest absolute Gasteiger partial charge is 0.381 e. The minimum absolute atomic E-state index is 0.00114. The number of nitrogen functional groups attached to an aromatic ring is 1. The predicted molar refractivity (Wildman–Crippen MR) is 56.2 cm³/mol. The van der Waals surface area contributed by atoms with E-state index in [-0.39, 0.29) is 17.7 Å². The van der Waals surface area contributed by atoms with Crippen molar-refractivity contribution in [1.29, 1.82) is 0 Å². The van der Waals surface area contributed by atoms with Gasteiger partial charge in [0.1, 0.15) is 0 Å². The van der Waals surface area contributed by atoms with E-state index >= 15 is 0 Å². The Morgan fingerprint density at radius 2 is 2.25 bits per heavy atom. The summed E-state index contributed by atoms with van der Waals surface area (Å²) in [5, 5.41) is 0. The van der Waals surface area contributed by atoms with Gasteiger partial charge < -0.3 is 15.4 Å². The first kappa shape index (κ1) is 11.1. The van der Waals surface area contributed by atoms with Crippen molar-refractivity contribution in [3.8, 4) is 0 Å². The Balaban J connectivity index is 2.29. The summed E-state index contributed by atoms with van der Waals surface area (Å²) in [5.74, 6) is -1.71. The number of ether oxygens (including phenoxy) is 1. The van der Waals surface area contributed by atoms with E-state index in [0.29, 0.717) is 19.7 Å². The summed E-state index contributed by atoms with van der Waals surface area (Å²) in [6.45, 7) is 3.44. The maximum absolute atomic E-state index is 13.5. The monoisotopic (exact) mass is 229 g/mol. The van der Waals surface area contributed by atoms with Gasteiger partial charge in [-0.05, 0) is 6.92 Å². The van der Waals surface area contributed by atoms with E-state index in [1.807, 2.05) is 6.92 Å². The molecule has 0 bridgehead atoms. The van der Waals surface area contributed by atoms with Gasteiger partial charge in [-0.2, -0.15) is 0 Å². The normalized spacial score (nSPS) is 21.2. The molecule has 1 unspecified atom stereocenters. The third kappa shape index (κ3) is 2.06. The van der Waals surface area contributed by atoms with E-state index in [2.05, 4.69) is 4.98 Å². The highest BCUT2D eigenvalue weighted by atomic mass is 19.1. The van der Waals surface area contributed by atoms with Gasteiger partial charge in [-0.3, -0.25) is 0 Å². The first-order valence-corrected chi connectivity index (χ1v) is 5.06. The van der Waals surface area contributed by atoms with Gasteiger partial charge in [-0.1, -0.05) is 0 Å². The van der Waals surface area contributed by atoms with Gasteiger partial charge in [0, 0.05) is 19.2 Å². The van der Waals surface area contributed by atoms with Crippen molar-refractivity contribution >= 4 is 11.6 Å². The van der Waals surface area contributed by atoms with Crippen LogP contribution in [-0.2, 0) is 4.74 Å². The van der Waals surface area contributed by atoms with E-state index < -0.39 is 11.6 Å². The van der Waals surface area contributed by atoms with E-state index in [1.165, 1.54) is 0 Å². The maximum Gasteiger partial charge on any atom is 0.168 e. The lowest BCUT2D eigenvalue weighted by Gasteiger charge is -2.32. The summed E-state index contributed by atoms with van der Waals surface area (Å²) in [6, 6.07) is 0.762. The lowest BCUT2D eigenvalue weighted by Crippen LogP contribution is -2.42. The zero-order valence-electron chi connectivity index (χ0n) is 8.91. The van der Waals surface area contributed by atoms with E-state index in [9.17, 15) is 8.78 Å². The van der Waals surface area contributed by atoms with Gasteiger partial charge >= 0.3 is 0 Å². The average molecular weight is 229 g/mol. The fourth-order valence-corrected chi connectivity index (χ4v) is 1.70. The topological polar surface area (TPSA) is 51.4 Å². The molecule has 1 aliphatic heterocycles. The molecule has 1 saturated heterocycles. The molecule has 2 rings (SSSR count). The quantitative estimate of drug-likeness (QED) is 0.785. The van der Waals surface area contributed by atoms with Crippen LogP contribution in [0.25, 0.3) is 0 Å². The number of hydrogen-bond donors (Lipinski definition) is 1. The van der Waals surface area contributed by atoms with Crippen LogP contribution in [0.2, 0.25) is 0 Å². The Kier molecular flexibility index (Phi) is 2.91. The summed E-state index contributed by atoms with van der Waals surface area (Å²) in [6.07, 6.45) is 0.00114. The van der Waals surface area contributed by atoms with E-state index in [4.69, 9.17) is 10.5 Å². The average Bonchev–Trinajstić information content (AvgIpc) is 2.23. The summed E-state index contributed by atoms with van der Waals surface area (Å²) in [7, 11) is 0. The Morgan fingerprint density at radius 3 is 2.94 bits per heavy atom. The molecule has 0 spiro atoms. The third-order valence-electron chi connectivity index (χ3n) is 2.48. The molecule has 16 heavy (non-hydrogen) atoms. The molecule has 1 fully saturated rings. The van der Waals surface area contributed by atoms with Crippen molar-refractivity contribution in [3.05, 3.63) is 17.7 Å². The van der Waals surface area contributed by atoms with Crippen molar-refractivity contribution in [2.75, 3.05) is 30.3 Å². The van der Waals surface area contributed by atoms with E-state index in [1.54, 1.807) is 4.90 Å². The Hall–Kier alpha value is -1.43. The van der Waals surface area contributed by atoms with Crippen LogP contribution in [0.5, 0.6) is 0 Å². The molecule has 88 valence electrons. The molecule has 1 aliphatic rings. The van der Waals surface area contributed by atoms with Crippen molar-refractivity contribution in [1.82, 2.24) is 4.98 Å². The summed E-state index contributed by atoms with van der Waals surface area (Å²) < 4.78 is 31.8. The molecule has 2 heterocycles. The zero-order chi connectivity index (χ0) is 11.7. The molecule has 1 aromatic heterocycles. The Morgan fingerprint density at radius 1 is 1.50 bits per heavy atom. The van der Waals surface area contributed by atoms with Gasteiger partial charge in [-0.25, -0.2) is 13.8 Å². The maximum atomic E-state index is 13.5. The van der Waals surface area contributed by atoms with Crippen molar-refractivity contribution < 1.29 is 13.5 Å². The van der Waals surface area contributed by atoms with Crippen molar-refractivity contribution in [3.63, 3.8) is 0 Å². The predicted octanol–water partition coefficient (Wildman–Crippen LogP) is 1.17. The van der Waals surface area contributed by atoms with Crippen LogP contribution in [-0.4, -0.2) is 30.8 Å². The highest BCUT2D eigenvalue weighted by Crippen LogP contribution is 2.22. The van der Waals surface area contributed by atoms with Crippen molar-refractivity contribution in [2.45, 2.75) is 13.0 Å². The molecule has 0 amide bonds. The number of nitrogens with zero attached hydrogens (tertiary/aromatic N) is 2. The summed E-state index contributed by atoms with van der Waals surface area (Å²) >= 11 is 0. The third-order valence-corrected chi connectivity index (χ3v) is 2.48. The number of aromatic nitrogens is 1. The molecule has 1 aromatic rings. The molecule has 0 saturated carbocycles. The smallest absolute Gasteiger partial charge is 0.168 e. The van der Waals surface area contributed by atoms with Gasteiger partial charge in [0.05, 0.1) is 12.7 Å². The number of pyridine rings is 1. The van der Waals surface area contributed by atoms with Gasteiger partial charge in [-0.15, -0.1) is 0 Å². The number of halogens is 2. The Labute approximate surface area is 92.0 Å². The van der Waals surface area contributed by atoms with Crippen LogP contribution in [0.3, 0.4) is 0 Å². The number of morpholine rings is 1. The first-order valence-electron chi connectivity index (χ1n) is 5.06. The number of nitrogens with two attached hydrogens (primary N) is 1. The SMILES string of the molecule is CC1CN(c2nc(N)c(F)cc2F)CCO1.